The molecule has 0 spiro atoms. The van der Waals surface area contributed by atoms with Gasteiger partial charge in [0.1, 0.15) is 0 Å². The normalized spacial score (nSPS) is 19.2. The summed E-state index contributed by atoms with van der Waals surface area (Å²) in [5.41, 5.74) is 1.19. The SMILES string of the molecule is Clc1ccc(CC(Cl)C2CCCCC2)cc1Cl. The maximum Gasteiger partial charge on any atom is 0.0595 e. The van der Waals surface area contributed by atoms with Crippen molar-refractivity contribution in [2.45, 2.75) is 43.9 Å². The standard InChI is InChI=1S/C14H17Cl3/c15-12-7-6-10(9-14(12)17)8-13(16)11-4-2-1-3-5-11/h6-7,9,11,13H,1-5,8H2. The molecule has 1 aromatic rings. The summed E-state index contributed by atoms with van der Waals surface area (Å²) >= 11 is 18.4. The Labute approximate surface area is 118 Å². The third-order valence-corrected chi connectivity index (χ3v) is 4.83. The minimum absolute atomic E-state index is 0.229. The van der Waals surface area contributed by atoms with Crippen LogP contribution in [0.2, 0.25) is 10.0 Å². The summed E-state index contributed by atoms with van der Waals surface area (Å²) in [4.78, 5) is 0. The molecule has 1 aromatic carbocycles. The molecule has 1 fully saturated rings. The van der Waals surface area contributed by atoms with E-state index in [1.54, 1.807) is 0 Å². The van der Waals surface area contributed by atoms with Crippen LogP contribution in [0.5, 0.6) is 0 Å². The highest BCUT2D eigenvalue weighted by molar-refractivity contribution is 6.42. The Bertz CT molecular complexity index is 370. The lowest BCUT2D eigenvalue weighted by atomic mass is 9.85. The lowest BCUT2D eigenvalue weighted by Crippen LogP contribution is -2.20. The van der Waals surface area contributed by atoms with E-state index < -0.39 is 0 Å². The van der Waals surface area contributed by atoms with Crippen LogP contribution in [0, 0.1) is 5.92 Å². The van der Waals surface area contributed by atoms with Gasteiger partial charge in [-0.3, -0.25) is 0 Å². The minimum Gasteiger partial charge on any atom is -0.122 e. The number of halogens is 3. The Balaban J connectivity index is 1.96. The van der Waals surface area contributed by atoms with E-state index in [-0.39, 0.29) is 5.38 Å². The van der Waals surface area contributed by atoms with Crippen molar-refractivity contribution in [1.82, 2.24) is 0 Å². The Hall–Kier alpha value is 0.0900. The van der Waals surface area contributed by atoms with Gasteiger partial charge in [0.25, 0.3) is 0 Å². The molecule has 17 heavy (non-hydrogen) atoms. The quantitative estimate of drug-likeness (QED) is 0.624. The average Bonchev–Trinajstić information content (AvgIpc) is 2.35. The first-order chi connectivity index (χ1) is 8.16. The summed E-state index contributed by atoms with van der Waals surface area (Å²) in [6, 6.07) is 5.80. The van der Waals surface area contributed by atoms with Crippen molar-refractivity contribution < 1.29 is 0 Å². The first kappa shape index (κ1) is 13.5. The van der Waals surface area contributed by atoms with E-state index in [0.29, 0.717) is 16.0 Å². The van der Waals surface area contributed by atoms with Crippen LogP contribution in [0.25, 0.3) is 0 Å². The summed E-state index contributed by atoms with van der Waals surface area (Å²) in [6.45, 7) is 0. The number of rotatable bonds is 3. The zero-order chi connectivity index (χ0) is 12.3. The van der Waals surface area contributed by atoms with Crippen molar-refractivity contribution in [3.05, 3.63) is 33.8 Å². The monoisotopic (exact) mass is 290 g/mol. The van der Waals surface area contributed by atoms with Gasteiger partial charge in [0.15, 0.2) is 0 Å². The molecule has 1 atom stereocenters. The molecule has 0 amide bonds. The van der Waals surface area contributed by atoms with Crippen LogP contribution in [-0.4, -0.2) is 5.38 Å². The summed E-state index contributed by atoms with van der Waals surface area (Å²) in [5.74, 6) is 0.667. The van der Waals surface area contributed by atoms with Gasteiger partial charge in [0.2, 0.25) is 0 Å². The van der Waals surface area contributed by atoms with Crippen LogP contribution in [0.15, 0.2) is 18.2 Å². The molecule has 0 N–H and O–H groups in total. The molecule has 2 rings (SSSR count). The summed E-state index contributed by atoms with van der Waals surface area (Å²) in [5, 5.41) is 1.46. The summed E-state index contributed by atoms with van der Waals surface area (Å²) in [6.07, 6.45) is 7.46. The van der Waals surface area contributed by atoms with Crippen molar-refractivity contribution in [3.8, 4) is 0 Å². The van der Waals surface area contributed by atoms with Gasteiger partial charge < -0.3 is 0 Å². The molecule has 1 aliphatic rings. The van der Waals surface area contributed by atoms with Crippen LogP contribution in [0.1, 0.15) is 37.7 Å². The number of alkyl halides is 1. The van der Waals surface area contributed by atoms with Crippen molar-refractivity contribution in [1.29, 1.82) is 0 Å². The zero-order valence-corrected chi connectivity index (χ0v) is 12.0. The lowest BCUT2D eigenvalue weighted by molar-refractivity contribution is 0.344. The van der Waals surface area contributed by atoms with Crippen LogP contribution < -0.4 is 0 Å². The largest absolute Gasteiger partial charge is 0.122 e. The molecule has 1 saturated carbocycles. The molecular weight excluding hydrogens is 275 g/mol. The predicted octanol–water partition coefficient (Wildman–Crippen LogP) is 5.72. The van der Waals surface area contributed by atoms with E-state index >= 15 is 0 Å². The molecule has 0 saturated heterocycles. The fraction of sp³-hybridized carbons (Fsp3) is 0.571. The van der Waals surface area contributed by atoms with E-state index in [0.717, 1.165) is 6.42 Å². The van der Waals surface area contributed by atoms with Gasteiger partial charge in [0.05, 0.1) is 10.0 Å². The van der Waals surface area contributed by atoms with E-state index in [2.05, 4.69) is 0 Å². The van der Waals surface area contributed by atoms with Gasteiger partial charge in [-0.2, -0.15) is 0 Å². The van der Waals surface area contributed by atoms with E-state index in [9.17, 15) is 0 Å². The molecule has 0 nitrogen and oxygen atoms in total. The minimum atomic E-state index is 0.229. The molecule has 1 unspecified atom stereocenters. The second kappa shape index (κ2) is 6.31. The molecule has 0 bridgehead atoms. The van der Waals surface area contributed by atoms with Crippen molar-refractivity contribution in [2.75, 3.05) is 0 Å². The van der Waals surface area contributed by atoms with Crippen LogP contribution in [0.4, 0.5) is 0 Å². The van der Waals surface area contributed by atoms with Crippen LogP contribution >= 0.6 is 34.8 Å². The Morgan fingerprint density at radius 3 is 2.41 bits per heavy atom. The molecule has 0 aliphatic heterocycles. The number of hydrogen-bond donors (Lipinski definition) is 0. The zero-order valence-electron chi connectivity index (χ0n) is 9.76. The molecule has 94 valence electrons. The maximum atomic E-state index is 6.51. The summed E-state index contributed by atoms with van der Waals surface area (Å²) < 4.78 is 0. The third kappa shape index (κ3) is 3.77. The highest BCUT2D eigenvalue weighted by Crippen LogP contribution is 2.32. The molecule has 0 aromatic heterocycles. The average molecular weight is 292 g/mol. The maximum absolute atomic E-state index is 6.51. The second-order valence-electron chi connectivity index (χ2n) is 4.87. The number of benzene rings is 1. The lowest BCUT2D eigenvalue weighted by Gasteiger charge is -2.26. The Kier molecular flexibility index (Phi) is 5.02. The highest BCUT2D eigenvalue weighted by atomic mass is 35.5. The Morgan fingerprint density at radius 1 is 1.06 bits per heavy atom. The molecule has 1 aliphatic carbocycles. The van der Waals surface area contributed by atoms with Crippen molar-refractivity contribution in [2.24, 2.45) is 5.92 Å². The van der Waals surface area contributed by atoms with Crippen molar-refractivity contribution >= 4 is 34.8 Å². The van der Waals surface area contributed by atoms with Crippen LogP contribution in [0.3, 0.4) is 0 Å². The van der Waals surface area contributed by atoms with Gasteiger partial charge in [0, 0.05) is 5.38 Å². The number of hydrogen-bond acceptors (Lipinski definition) is 0. The molecule has 0 heterocycles. The third-order valence-electron chi connectivity index (χ3n) is 3.58. The Morgan fingerprint density at radius 2 is 1.76 bits per heavy atom. The molecule has 0 radical (unpaired) electrons. The van der Waals surface area contributed by atoms with Crippen LogP contribution in [-0.2, 0) is 6.42 Å². The fourth-order valence-corrected chi connectivity index (χ4v) is 3.31. The van der Waals surface area contributed by atoms with Gasteiger partial charge in [-0.15, -0.1) is 11.6 Å². The second-order valence-corrected chi connectivity index (χ2v) is 6.24. The molecular formula is C14H17Cl3. The molecule has 3 heteroatoms. The first-order valence-corrected chi connectivity index (χ1v) is 7.44. The fourth-order valence-electron chi connectivity index (χ4n) is 2.55. The summed E-state index contributed by atoms with van der Waals surface area (Å²) in [7, 11) is 0. The van der Waals surface area contributed by atoms with Gasteiger partial charge in [-0.25, -0.2) is 0 Å². The highest BCUT2D eigenvalue weighted by Gasteiger charge is 2.22. The topological polar surface area (TPSA) is 0 Å². The van der Waals surface area contributed by atoms with Crippen molar-refractivity contribution in [3.63, 3.8) is 0 Å². The van der Waals surface area contributed by atoms with Gasteiger partial charge in [-0.1, -0.05) is 48.5 Å². The van der Waals surface area contributed by atoms with Gasteiger partial charge in [-0.05, 0) is 42.9 Å². The van der Waals surface area contributed by atoms with E-state index in [1.807, 2.05) is 18.2 Å². The first-order valence-electron chi connectivity index (χ1n) is 6.25. The van der Waals surface area contributed by atoms with E-state index in [1.165, 1.54) is 37.7 Å². The van der Waals surface area contributed by atoms with E-state index in [4.69, 9.17) is 34.8 Å². The predicted molar refractivity (Wildman–Crippen MR) is 76.4 cm³/mol. The smallest absolute Gasteiger partial charge is 0.0595 e. The van der Waals surface area contributed by atoms with Gasteiger partial charge >= 0.3 is 0 Å².